The summed E-state index contributed by atoms with van der Waals surface area (Å²) in [6, 6.07) is 0. The van der Waals surface area contributed by atoms with Crippen LogP contribution in [0.2, 0.25) is 0 Å². The molecule has 18 heavy (non-hydrogen) atoms. The van der Waals surface area contributed by atoms with Gasteiger partial charge in [-0.25, -0.2) is 4.79 Å². The minimum absolute atomic E-state index is 0.326. The topological polar surface area (TPSA) is 84.9 Å². The molecule has 1 atom stereocenters. The number of amides is 1. The molecular formula is C9H14F3NO5. The zero-order valence-electron chi connectivity index (χ0n) is 9.84. The highest BCUT2D eigenvalue weighted by Crippen LogP contribution is 2.14. The summed E-state index contributed by atoms with van der Waals surface area (Å²) < 4.78 is 43.9. The van der Waals surface area contributed by atoms with E-state index in [1.54, 1.807) is 0 Å². The van der Waals surface area contributed by atoms with Gasteiger partial charge in [0.15, 0.2) is 5.54 Å². The maximum Gasteiger partial charge on any atom is 0.411 e. The molecule has 0 aromatic heterocycles. The van der Waals surface area contributed by atoms with Crippen molar-refractivity contribution in [2.75, 3.05) is 26.9 Å². The number of carboxylic acid groups (broad SMARTS) is 1. The lowest BCUT2D eigenvalue weighted by molar-refractivity contribution is -0.176. The molecule has 0 aliphatic carbocycles. The first-order valence-electron chi connectivity index (χ1n) is 4.78. The third-order valence-corrected chi connectivity index (χ3v) is 1.82. The zero-order chi connectivity index (χ0) is 14.4. The Kier molecular flexibility index (Phi) is 6.06. The fraction of sp³-hybridized carbons (Fsp3) is 0.778. The Hall–Kier alpha value is -1.35. The van der Waals surface area contributed by atoms with Gasteiger partial charge in [-0.1, -0.05) is 0 Å². The summed E-state index contributed by atoms with van der Waals surface area (Å²) in [6.45, 7) is -1.62. The van der Waals surface area contributed by atoms with Crippen LogP contribution in [0.5, 0.6) is 0 Å². The van der Waals surface area contributed by atoms with Crippen molar-refractivity contribution in [2.24, 2.45) is 0 Å². The van der Waals surface area contributed by atoms with Gasteiger partial charge in [0.25, 0.3) is 0 Å². The summed E-state index contributed by atoms with van der Waals surface area (Å²) in [7, 11) is 1.23. The molecule has 1 unspecified atom stereocenters. The van der Waals surface area contributed by atoms with E-state index in [0.29, 0.717) is 0 Å². The molecular weight excluding hydrogens is 259 g/mol. The van der Waals surface area contributed by atoms with Crippen molar-refractivity contribution in [1.82, 2.24) is 5.32 Å². The number of ether oxygens (including phenoxy) is 2. The van der Waals surface area contributed by atoms with Crippen LogP contribution < -0.4 is 5.32 Å². The quantitative estimate of drug-likeness (QED) is 0.690. The number of carbonyl (C=O) groups is 2. The van der Waals surface area contributed by atoms with E-state index >= 15 is 0 Å². The van der Waals surface area contributed by atoms with Gasteiger partial charge in [-0.3, -0.25) is 4.79 Å². The summed E-state index contributed by atoms with van der Waals surface area (Å²) in [5.74, 6) is -2.34. The SMILES string of the molecule is COCC(C)(NC(=O)COCC(F)(F)F)C(=O)O. The highest BCUT2D eigenvalue weighted by Gasteiger charge is 2.35. The first-order chi connectivity index (χ1) is 8.10. The summed E-state index contributed by atoms with van der Waals surface area (Å²) in [4.78, 5) is 22.1. The second-order valence-electron chi connectivity index (χ2n) is 3.73. The Morgan fingerprint density at radius 1 is 1.28 bits per heavy atom. The number of carboxylic acids is 1. The number of alkyl halides is 3. The van der Waals surface area contributed by atoms with Gasteiger partial charge >= 0.3 is 12.1 Å². The average molecular weight is 273 g/mol. The molecule has 0 spiro atoms. The van der Waals surface area contributed by atoms with Crippen LogP contribution in [0.15, 0.2) is 0 Å². The summed E-state index contributed by atoms with van der Waals surface area (Å²) in [5.41, 5.74) is -1.71. The predicted molar refractivity (Wildman–Crippen MR) is 52.9 cm³/mol. The van der Waals surface area contributed by atoms with Crippen LogP contribution in [0.4, 0.5) is 13.2 Å². The lowest BCUT2D eigenvalue weighted by Gasteiger charge is -2.25. The molecule has 0 aliphatic heterocycles. The molecule has 0 bridgehead atoms. The van der Waals surface area contributed by atoms with Crippen LogP contribution in [-0.4, -0.2) is 55.6 Å². The van der Waals surface area contributed by atoms with Crippen LogP contribution in [-0.2, 0) is 19.1 Å². The van der Waals surface area contributed by atoms with Gasteiger partial charge in [-0.15, -0.1) is 0 Å². The fourth-order valence-electron chi connectivity index (χ4n) is 1.04. The number of nitrogens with one attached hydrogen (secondary N) is 1. The Morgan fingerprint density at radius 2 is 1.83 bits per heavy atom. The number of halogens is 3. The molecule has 0 saturated heterocycles. The first-order valence-corrected chi connectivity index (χ1v) is 4.78. The van der Waals surface area contributed by atoms with Crippen LogP contribution in [0.3, 0.4) is 0 Å². The Morgan fingerprint density at radius 3 is 2.22 bits per heavy atom. The van der Waals surface area contributed by atoms with E-state index in [2.05, 4.69) is 9.47 Å². The Labute approximate surface area is 101 Å². The van der Waals surface area contributed by atoms with Gasteiger partial charge in [-0.2, -0.15) is 13.2 Å². The van der Waals surface area contributed by atoms with E-state index in [1.807, 2.05) is 5.32 Å². The monoisotopic (exact) mass is 273 g/mol. The smallest absolute Gasteiger partial charge is 0.411 e. The highest BCUT2D eigenvalue weighted by molar-refractivity contribution is 5.87. The lowest BCUT2D eigenvalue weighted by atomic mass is 10.0. The van der Waals surface area contributed by atoms with E-state index in [4.69, 9.17) is 5.11 Å². The summed E-state index contributed by atoms with van der Waals surface area (Å²) in [6.07, 6.45) is -4.54. The summed E-state index contributed by atoms with van der Waals surface area (Å²) in [5, 5.41) is 10.9. The highest BCUT2D eigenvalue weighted by atomic mass is 19.4. The molecule has 0 saturated carbocycles. The van der Waals surface area contributed by atoms with Crippen molar-refractivity contribution in [1.29, 1.82) is 0 Å². The van der Waals surface area contributed by atoms with Crippen LogP contribution in [0.1, 0.15) is 6.92 Å². The number of methoxy groups -OCH3 is 1. The number of carbonyl (C=O) groups excluding carboxylic acids is 1. The molecule has 0 rings (SSSR count). The molecule has 9 heteroatoms. The molecule has 2 N–H and O–H groups in total. The zero-order valence-corrected chi connectivity index (χ0v) is 9.84. The average Bonchev–Trinajstić information content (AvgIpc) is 2.15. The van der Waals surface area contributed by atoms with E-state index in [1.165, 1.54) is 14.0 Å². The molecule has 0 fully saturated rings. The van der Waals surface area contributed by atoms with Gasteiger partial charge in [0.2, 0.25) is 5.91 Å². The first kappa shape index (κ1) is 16.6. The minimum atomic E-state index is -4.54. The molecule has 0 aromatic rings. The van der Waals surface area contributed by atoms with Gasteiger partial charge in [0.1, 0.15) is 13.2 Å². The molecule has 6 nitrogen and oxygen atoms in total. The van der Waals surface area contributed by atoms with Crippen molar-refractivity contribution in [3.63, 3.8) is 0 Å². The van der Waals surface area contributed by atoms with Crippen molar-refractivity contribution in [3.05, 3.63) is 0 Å². The number of hydrogen-bond donors (Lipinski definition) is 2. The molecule has 0 aromatic carbocycles. The molecule has 0 aliphatic rings. The van der Waals surface area contributed by atoms with Crippen molar-refractivity contribution < 1.29 is 37.3 Å². The van der Waals surface area contributed by atoms with Gasteiger partial charge < -0.3 is 19.9 Å². The fourth-order valence-corrected chi connectivity index (χ4v) is 1.04. The maximum atomic E-state index is 11.7. The third-order valence-electron chi connectivity index (χ3n) is 1.82. The van der Waals surface area contributed by atoms with Crippen LogP contribution in [0.25, 0.3) is 0 Å². The second kappa shape index (κ2) is 6.55. The molecule has 106 valence electrons. The predicted octanol–water partition coefficient (Wildman–Crippen LogP) is 0.171. The summed E-state index contributed by atoms with van der Waals surface area (Å²) >= 11 is 0. The molecule has 0 heterocycles. The van der Waals surface area contributed by atoms with Crippen molar-refractivity contribution >= 4 is 11.9 Å². The lowest BCUT2D eigenvalue weighted by Crippen LogP contribution is -2.56. The minimum Gasteiger partial charge on any atom is -0.479 e. The van der Waals surface area contributed by atoms with Crippen molar-refractivity contribution in [2.45, 2.75) is 18.6 Å². The van der Waals surface area contributed by atoms with Crippen LogP contribution >= 0.6 is 0 Å². The standard InChI is InChI=1S/C9H14F3NO5/c1-8(4-17-2,7(15)16)13-6(14)3-18-5-9(10,11)12/h3-5H2,1-2H3,(H,13,14)(H,15,16). The van der Waals surface area contributed by atoms with Gasteiger partial charge in [-0.05, 0) is 6.92 Å². The molecule has 1 amide bonds. The number of aliphatic carboxylic acids is 1. The Balaban J connectivity index is 4.24. The van der Waals surface area contributed by atoms with E-state index < -0.39 is 36.8 Å². The third kappa shape index (κ3) is 6.40. The number of hydrogen-bond acceptors (Lipinski definition) is 4. The maximum absolute atomic E-state index is 11.7. The second-order valence-corrected chi connectivity index (χ2v) is 3.73. The normalized spacial score (nSPS) is 14.9. The Bertz CT molecular complexity index is 307. The molecule has 0 radical (unpaired) electrons. The van der Waals surface area contributed by atoms with E-state index in [0.717, 1.165) is 0 Å². The van der Waals surface area contributed by atoms with E-state index in [9.17, 15) is 22.8 Å². The largest absolute Gasteiger partial charge is 0.479 e. The number of rotatable bonds is 7. The van der Waals surface area contributed by atoms with Gasteiger partial charge in [0.05, 0.1) is 6.61 Å². The van der Waals surface area contributed by atoms with Gasteiger partial charge in [0, 0.05) is 7.11 Å². The van der Waals surface area contributed by atoms with Crippen molar-refractivity contribution in [3.8, 4) is 0 Å². The van der Waals surface area contributed by atoms with E-state index in [-0.39, 0.29) is 6.61 Å². The van der Waals surface area contributed by atoms with Crippen LogP contribution in [0, 0.1) is 0 Å².